The lowest BCUT2D eigenvalue weighted by atomic mass is 10.00. The summed E-state index contributed by atoms with van der Waals surface area (Å²) in [5.41, 5.74) is 3.12. The molecule has 4 rings (SSSR count). The Bertz CT molecular complexity index is 981. The van der Waals surface area contributed by atoms with Gasteiger partial charge in [0.05, 0.1) is 5.69 Å². The van der Waals surface area contributed by atoms with E-state index in [2.05, 4.69) is 32.1 Å². The molecule has 6 heteroatoms. The molecule has 1 amide bonds. The molecule has 0 saturated carbocycles. The van der Waals surface area contributed by atoms with Crippen molar-refractivity contribution in [2.75, 3.05) is 0 Å². The van der Waals surface area contributed by atoms with E-state index in [1.807, 2.05) is 36.4 Å². The molecule has 1 N–H and O–H groups in total. The summed E-state index contributed by atoms with van der Waals surface area (Å²) < 4.78 is 5.38. The third kappa shape index (κ3) is 3.37. The van der Waals surface area contributed by atoms with Gasteiger partial charge in [-0.3, -0.25) is 4.98 Å². The van der Waals surface area contributed by atoms with Crippen LogP contribution in [0.2, 0.25) is 0 Å². The maximum absolute atomic E-state index is 11.8. The summed E-state index contributed by atoms with van der Waals surface area (Å²) in [6.45, 7) is 0. The number of amides is 1. The second-order valence-electron chi connectivity index (χ2n) is 5.71. The molecule has 1 aliphatic rings. The Morgan fingerprint density at radius 2 is 1.85 bits per heavy atom. The summed E-state index contributed by atoms with van der Waals surface area (Å²) in [7, 11) is 0. The number of hydrogen-bond donors (Lipinski definition) is 1. The predicted octanol–water partition coefficient (Wildman–Crippen LogP) is 2.79. The van der Waals surface area contributed by atoms with Crippen LogP contribution in [0.3, 0.4) is 0 Å². The van der Waals surface area contributed by atoms with E-state index in [-0.39, 0.29) is 6.04 Å². The van der Waals surface area contributed by atoms with Crippen molar-refractivity contribution in [1.29, 1.82) is 0 Å². The highest BCUT2D eigenvalue weighted by molar-refractivity contribution is 5.71. The van der Waals surface area contributed by atoms with Crippen molar-refractivity contribution in [3.8, 4) is 11.8 Å². The number of alkyl carbamates (subject to hydrolysis) is 1. The molecule has 1 fully saturated rings. The highest BCUT2D eigenvalue weighted by atomic mass is 16.6. The minimum Gasteiger partial charge on any atom is -0.437 e. The van der Waals surface area contributed by atoms with E-state index < -0.39 is 12.2 Å². The number of hydrogen-bond acceptors (Lipinski definition) is 5. The van der Waals surface area contributed by atoms with Gasteiger partial charge >= 0.3 is 6.09 Å². The molecule has 1 aromatic carbocycles. The number of nitrogens with one attached hydrogen (secondary N) is 1. The minimum absolute atomic E-state index is 0.386. The Morgan fingerprint density at radius 3 is 2.65 bits per heavy atom. The fourth-order valence-electron chi connectivity index (χ4n) is 2.74. The second kappa shape index (κ2) is 7.03. The highest BCUT2D eigenvalue weighted by Crippen LogP contribution is 2.35. The van der Waals surface area contributed by atoms with Gasteiger partial charge in [0.15, 0.2) is 6.10 Å². The van der Waals surface area contributed by atoms with Gasteiger partial charge in [-0.05, 0) is 29.8 Å². The molecule has 1 aliphatic heterocycles. The van der Waals surface area contributed by atoms with E-state index in [0.717, 1.165) is 16.7 Å². The van der Waals surface area contributed by atoms with Gasteiger partial charge in [-0.2, -0.15) is 0 Å². The van der Waals surface area contributed by atoms with Crippen molar-refractivity contribution in [3.63, 3.8) is 0 Å². The molecule has 0 bridgehead atoms. The third-order valence-electron chi connectivity index (χ3n) is 3.95. The normalized spacial score (nSPS) is 18.4. The Morgan fingerprint density at radius 1 is 1.00 bits per heavy atom. The number of aromatic nitrogens is 3. The molecule has 0 aliphatic carbocycles. The van der Waals surface area contributed by atoms with Crippen LogP contribution in [0.5, 0.6) is 0 Å². The molecular weight excluding hydrogens is 328 g/mol. The Balaban J connectivity index is 1.63. The summed E-state index contributed by atoms with van der Waals surface area (Å²) in [5.74, 6) is 6.20. The van der Waals surface area contributed by atoms with E-state index in [9.17, 15) is 4.79 Å². The highest BCUT2D eigenvalue weighted by Gasteiger charge is 2.37. The van der Waals surface area contributed by atoms with Crippen LogP contribution in [-0.4, -0.2) is 21.0 Å². The van der Waals surface area contributed by atoms with Crippen molar-refractivity contribution in [2.45, 2.75) is 12.1 Å². The van der Waals surface area contributed by atoms with Crippen LogP contribution in [0.25, 0.3) is 0 Å². The Labute approximate surface area is 150 Å². The zero-order valence-electron chi connectivity index (χ0n) is 13.7. The lowest BCUT2D eigenvalue weighted by Crippen LogP contribution is -2.20. The number of carbonyl (C=O) groups is 1. The zero-order chi connectivity index (χ0) is 17.8. The molecule has 126 valence electrons. The Hall–Kier alpha value is -3.72. The van der Waals surface area contributed by atoms with E-state index in [0.29, 0.717) is 5.69 Å². The molecule has 0 spiro atoms. The first-order chi connectivity index (χ1) is 12.8. The van der Waals surface area contributed by atoms with Crippen LogP contribution in [0.4, 0.5) is 4.79 Å². The van der Waals surface area contributed by atoms with Crippen LogP contribution in [-0.2, 0) is 4.74 Å². The molecule has 1 saturated heterocycles. The molecule has 3 aromatic rings. The van der Waals surface area contributed by atoms with Gasteiger partial charge in [-0.25, -0.2) is 14.8 Å². The number of benzene rings is 1. The van der Waals surface area contributed by atoms with Gasteiger partial charge in [0.1, 0.15) is 12.4 Å². The van der Waals surface area contributed by atoms with E-state index in [4.69, 9.17) is 4.74 Å². The summed E-state index contributed by atoms with van der Waals surface area (Å²) in [5, 5.41) is 2.81. The number of nitrogens with zero attached hydrogens (tertiary/aromatic N) is 3. The second-order valence-corrected chi connectivity index (χ2v) is 5.71. The molecule has 26 heavy (non-hydrogen) atoms. The van der Waals surface area contributed by atoms with Crippen molar-refractivity contribution in [1.82, 2.24) is 20.3 Å². The van der Waals surface area contributed by atoms with Crippen LogP contribution in [0, 0.1) is 11.8 Å². The number of ether oxygens (including phenoxy) is 1. The minimum atomic E-state index is -0.537. The van der Waals surface area contributed by atoms with E-state index in [1.165, 1.54) is 6.33 Å². The Kier molecular flexibility index (Phi) is 4.27. The van der Waals surface area contributed by atoms with Crippen molar-refractivity contribution >= 4 is 6.09 Å². The quantitative estimate of drug-likeness (QED) is 0.725. The lowest BCUT2D eigenvalue weighted by Gasteiger charge is -2.16. The molecule has 6 nitrogen and oxygen atoms in total. The van der Waals surface area contributed by atoms with Crippen molar-refractivity contribution in [2.24, 2.45) is 0 Å². The largest absolute Gasteiger partial charge is 0.437 e. The molecule has 3 heterocycles. The number of pyridine rings is 1. The van der Waals surface area contributed by atoms with Crippen molar-refractivity contribution in [3.05, 3.63) is 89.8 Å². The third-order valence-corrected chi connectivity index (χ3v) is 3.95. The maximum Gasteiger partial charge on any atom is 0.408 e. The van der Waals surface area contributed by atoms with Gasteiger partial charge in [0.25, 0.3) is 0 Å². The number of cyclic esters (lactones) is 1. The smallest absolute Gasteiger partial charge is 0.408 e. The lowest BCUT2D eigenvalue weighted by molar-refractivity contribution is 0.129. The summed E-state index contributed by atoms with van der Waals surface area (Å²) in [4.78, 5) is 24.1. The van der Waals surface area contributed by atoms with Crippen LogP contribution >= 0.6 is 0 Å². The molecular formula is C20H14N4O2. The van der Waals surface area contributed by atoms with Gasteiger partial charge in [-0.15, -0.1) is 0 Å². The topological polar surface area (TPSA) is 77.0 Å². The molecule has 0 unspecified atom stereocenters. The van der Waals surface area contributed by atoms with Crippen LogP contribution in [0.15, 0.2) is 67.4 Å². The average Bonchev–Trinajstić information content (AvgIpc) is 3.10. The number of carbonyl (C=O) groups excluding carboxylic acids is 1. The van der Waals surface area contributed by atoms with Gasteiger partial charge in [0.2, 0.25) is 0 Å². The SMILES string of the molecule is O=C1N[C@@H](c2cncc(C#Cc3ccccc3)c2)[C@@H](c2ccncn2)O1. The molecule has 0 radical (unpaired) electrons. The maximum atomic E-state index is 11.8. The average molecular weight is 342 g/mol. The predicted molar refractivity (Wildman–Crippen MR) is 93.8 cm³/mol. The fraction of sp³-hybridized carbons (Fsp3) is 0.100. The van der Waals surface area contributed by atoms with Gasteiger partial charge < -0.3 is 10.1 Å². The summed E-state index contributed by atoms with van der Waals surface area (Å²) in [6, 6.07) is 13.0. The molecule has 2 aromatic heterocycles. The van der Waals surface area contributed by atoms with Gasteiger partial charge in [0, 0.05) is 29.7 Å². The van der Waals surface area contributed by atoms with Crippen LogP contribution in [0.1, 0.15) is 34.5 Å². The van der Waals surface area contributed by atoms with Gasteiger partial charge in [-0.1, -0.05) is 30.0 Å². The van der Waals surface area contributed by atoms with E-state index in [1.54, 1.807) is 24.7 Å². The first-order valence-corrected chi connectivity index (χ1v) is 8.05. The monoisotopic (exact) mass is 342 g/mol. The van der Waals surface area contributed by atoms with Crippen LogP contribution < -0.4 is 5.32 Å². The standard InChI is InChI=1S/C20H14N4O2/c25-20-24-18(19(26-20)17-8-9-21-13-23-17)16-10-15(11-22-12-16)7-6-14-4-2-1-3-5-14/h1-5,8-13,18-19H,(H,24,25)/t18-,19+/m0/s1. The zero-order valence-corrected chi connectivity index (χ0v) is 13.7. The molecule has 2 atom stereocenters. The first kappa shape index (κ1) is 15.8. The summed E-state index contributed by atoms with van der Waals surface area (Å²) >= 11 is 0. The summed E-state index contributed by atoms with van der Waals surface area (Å²) in [6.07, 6.45) is 5.41. The fourth-order valence-corrected chi connectivity index (χ4v) is 2.74. The number of rotatable bonds is 2. The van der Waals surface area contributed by atoms with Crippen molar-refractivity contribution < 1.29 is 9.53 Å². The first-order valence-electron chi connectivity index (χ1n) is 8.05. The van der Waals surface area contributed by atoms with E-state index >= 15 is 0 Å².